The highest BCUT2D eigenvalue weighted by Gasteiger charge is 2.42. The summed E-state index contributed by atoms with van der Waals surface area (Å²) in [6, 6.07) is 25.1. The van der Waals surface area contributed by atoms with Gasteiger partial charge in [-0.15, -0.1) is 0 Å². The number of para-hydroxylation sites is 1. The summed E-state index contributed by atoms with van der Waals surface area (Å²) in [5, 5.41) is 4.05. The smallest absolute Gasteiger partial charge is 0.229 e. The Balaban J connectivity index is 1.62. The zero-order valence-corrected chi connectivity index (χ0v) is 20.9. The van der Waals surface area contributed by atoms with Gasteiger partial charge in [0.25, 0.3) is 0 Å². The van der Waals surface area contributed by atoms with Gasteiger partial charge in [-0.05, 0) is 79.3 Å². The van der Waals surface area contributed by atoms with Crippen LogP contribution in [0.15, 0.2) is 91.3 Å². The lowest BCUT2D eigenvalue weighted by Gasteiger charge is -2.29. The number of pyridine rings is 1. The molecule has 1 saturated heterocycles. The van der Waals surface area contributed by atoms with Crippen molar-refractivity contribution in [1.82, 2.24) is 14.9 Å². The summed E-state index contributed by atoms with van der Waals surface area (Å²) in [6.45, 7) is 2.10. The van der Waals surface area contributed by atoms with E-state index < -0.39 is 10.0 Å². The van der Waals surface area contributed by atoms with Crippen molar-refractivity contribution in [1.29, 1.82) is 0 Å². The number of benzene rings is 2. The molecule has 9 heteroatoms. The predicted molar refractivity (Wildman–Crippen MR) is 143 cm³/mol. The number of aryl methyl sites for hydroxylation is 1. The third-order valence-corrected chi connectivity index (χ3v) is 6.93. The number of anilines is 2. The van der Waals surface area contributed by atoms with E-state index in [9.17, 15) is 8.42 Å². The molecule has 178 valence electrons. The second-order valence-electron chi connectivity index (χ2n) is 8.51. The first-order chi connectivity index (χ1) is 16.8. The van der Waals surface area contributed by atoms with Crippen molar-refractivity contribution in [3.8, 4) is 5.69 Å². The highest BCUT2D eigenvalue weighted by Crippen LogP contribution is 2.42. The normalized spacial score (nSPS) is 17.9. The van der Waals surface area contributed by atoms with Crippen LogP contribution in [0.4, 0.5) is 11.4 Å². The molecule has 2 atom stereocenters. The minimum Gasteiger partial charge on any atom is -0.351 e. The van der Waals surface area contributed by atoms with Crippen molar-refractivity contribution in [2.75, 3.05) is 15.9 Å². The molecule has 0 aliphatic carbocycles. The number of sulfonamides is 1. The summed E-state index contributed by atoms with van der Waals surface area (Å²) in [6.07, 6.45) is 4.98. The molecule has 2 aromatic carbocycles. The second kappa shape index (κ2) is 9.16. The second-order valence-corrected chi connectivity index (χ2v) is 10.6. The summed E-state index contributed by atoms with van der Waals surface area (Å²) >= 11 is 5.82. The Hall–Kier alpha value is -3.69. The van der Waals surface area contributed by atoms with Crippen LogP contribution in [0.5, 0.6) is 0 Å². The van der Waals surface area contributed by atoms with E-state index in [0.717, 1.165) is 34.6 Å². The molecule has 0 saturated carbocycles. The van der Waals surface area contributed by atoms with Gasteiger partial charge in [-0.3, -0.25) is 9.71 Å². The third kappa shape index (κ3) is 4.65. The number of hydrogen-bond donors (Lipinski definition) is 2. The summed E-state index contributed by atoms with van der Waals surface area (Å²) < 4.78 is 28.0. The average molecular weight is 504 g/mol. The Morgan fingerprint density at radius 1 is 0.971 bits per heavy atom. The van der Waals surface area contributed by atoms with Gasteiger partial charge >= 0.3 is 0 Å². The van der Waals surface area contributed by atoms with Crippen molar-refractivity contribution in [3.05, 3.63) is 108 Å². The molecule has 0 amide bonds. The maximum Gasteiger partial charge on any atom is 0.229 e. The van der Waals surface area contributed by atoms with Gasteiger partial charge in [0.15, 0.2) is 5.11 Å². The number of thiocarbonyl (C=S) groups is 1. The number of nitrogens with zero attached hydrogens (tertiary/aromatic N) is 3. The van der Waals surface area contributed by atoms with Gasteiger partial charge in [-0.1, -0.05) is 24.3 Å². The molecular weight excluding hydrogens is 478 g/mol. The predicted octanol–water partition coefficient (Wildman–Crippen LogP) is 4.73. The fourth-order valence-electron chi connectivity index (χ4n) is 4.53. The monoisotopic (exact) mass is 503 g/mol. The first-order valence-corrected chi connectivity index (χ1v) is 13.4. The van der Waals surface area contributed by atoms with Crippen LogP contribution in [0, 0.1) is 6.92 Å². The Labute approximate surface area is 210 Å². The molecule has 2 aromatic heterocycles. The van der Waals surface area contributed by atoms with Gasteiger partial charge in [0, 0.05) is 35.1 Å². The number of nitrogens with one attached hydrogen (secondary N) is 2. The molecule has 0 unspecified atom stereocenters. The topological polar surface area (TPSA) is 79.3 Å². The maximum atomic E-state index is 11.6. The van der Waals surface area contributed by atoms with Crippen molar-refractivity contribution in [2.45, 2.75) is 19.0 Å². The number of rotatable bonds is 6. The molecule has 4 aromatic rings. The van der Waals surface area contributed by atoms with E-state index in [4.69, 9.17) is 12.2 Å². The van der Waals surface area contributed by atoms with Crippen LogP contribution < -0.4 is 14.9 Å². The van der Waals surface area contributed by atoms with E-state index in [1.54, 1.807) is 18.3 Å². The number of hydrogen-bond acceptors (Lipinski definition) is 4. The summed E-state index contributed by atoms with van der Waals surface area (Å²) in [7, 11) is -3.36. The van der Waals surface area contributed by atoms with Gasteiger partial charge < -0.3 is 14.8 Å². The lowest BCUT2D eigenvalue weighted by atomic mass is 10.0. The molecule has 0 spiro atoms. The van der Waals surface area contributed by atoms with Crippen LogP contribution in [-0.2, 0) is 10.0 Å². The zero-order valence-electron chi connectivity index (χ0n) is 19.3. The zero-order chi connectivity index (χ0) is 24.6. The van der Waals surface area contributed by atoms with Crippen LogP contribution in [-0.4, -0.2) is 29.3 Å². The standard InChI is InChI=1S/C26H25N5O2S2/c1-18-8-3-4-10-22(18)30-17-7-11-23(30)25-24(21-9-5-6-16-27-21)28-26(34)31(25)20-14-12-19(13-15-20)29-35(2,32)33/h3-17,24-25,29H,1-2H3,(H,28,34)/t24-,25-/m1/s1. The first-order valence-electron chi connectivity index (χ1n) is 11.1. The average Bonchev–Trinajstić information content (AvgIpc) is 3.44. The van der Waals surface area contributed by atoms with Gasteiger partial charge in [-0.25, -0.2) is 8.42 Å². The highest BCUT2D eigenvalue weighted by atomic mass is 32.2. The fraction of sp³-hybridized carbons (Fsp3) is 0.154. The Morgan fingerprint density at radius 2 is 1.71 bits per heavy atom. The Morgan fingerprint density at radius 3 is 2.40 bits per heavy atom. The Kier molecular flexibility index (Phi) is 6.04. The first kappa shape index (κ1) is 23.1. The van der Waals surface area contributed by atoms with E-state index in [2.05, 4.69) is 55.8 Å². The van der Waals surface area contributed by atoms with Crippen molar-refractivity contribution in [3.63, 3.8) is 0 Å². The van der Waals surface area contributed by atoms with Crippen LogP contribution in [0.25, 0.3) is 5.69 Å². The largest absolute Gasteiger partial charge is 0.351 e. The van der Waals surface area contributed by atoms with Crippen molar-refractivity contribution < 1.29 is 8.42 Å². The van der Waals surface area contributed by atoms with Gasteiger partial charge in [0.2, 0.25) is 10.0 Å². The van der Waals surface area contributed by atoms with Crippen LogP contribution in [0.2, 0.25) is 0 Å². The molecule has 3 heterocycles. The quantitative estimate of drug-likeness (QED) is 0.371. The van der Waals surface area contributed by atoms with E-state index in [1.807, 2.05) is 48.5 Å². The van der Waals surface area contributed by atoms with E-state index >= 15 is 0 Å². The SMILES string of the molecule is Cc1ccccc1-n1cccc1[C@@H]1[C@@H](c2ccccn2)NC(=S)N1c1ccc(NS(C)(=O)=O)cc1. The van der Waals surface area contributed by atoms with Crippen molar-refractivity contribution >= 4 is 38.7 Å². The molecule has 1 aliphatic heterocycles. The lowest BCUT2D eigenvalue weighted by molar-refractivity contribution is 0.549. The van der Waals surface area contributed by atoms with Crippen molar-refractivity contribution in [2.24, 2.45) is 0 Å². The third-order valence-electron chi connectivity index (χ3n) is 6.01. The molecule has 0 bridgehead atoms. The van der Waals surface area contributed by atoms with Gasteiger partial charge in [0.05, 0.1) is 18.0 Å². The molecule has 7 nitrogen and oxygen atoms in total. The van der Waals surface area contributed by atoms with Gasteiger partial charge in [-0.2, -0.15) is 0 Å². The summed E-state index contributed by atoms with van der Waals surface area (Å²) in [5.41, 5.74) is 5.54. The summed E-state index contributed by atoms with van der Waals surface area (Å²) in [5.74, 6) is 0. The minimum atomic E-state index is -3.36. The van der Waals surface area contributed by atoms with Crippen LogP contribution in [0.1, 0.15) is 29.0 Å². The molecule has 0 radical (unpaired) electrons. The molecule has 2 N–H and O–H groups in total. The Bertz CT molecular complexity index is 1470. The van der Waals surface area contributed by atoms with Crippen LogP contribution >= 0.6 is 12.2 Å². The van der Waals surface area contributed by atoms with E-state index in [0.29, 0.717) is 10.8 Å². The fourth-order valence-corrected chi connectivity index (χ4v) is 5.44. The molecule has 5 rings (SSSR count). The molecule has 1 aliphatic rings. The molecular formula is C26H25N5O2S2. The minimum absolute atomic E-state index is 0.185. The maximum absolute atomic E-state index is 11.6. The highest BCUT2D eigenvalue weighted by molar-refractivity contribution is 7.92. The number of aromatic nitrogens is 2. The van der Waals surface area contributed by atoms with E-state index in [1.165, 1.54) is 0 Å². The van der Waals surface area contributed by atoms with E-state index in [-0.39, 0.29) is 12.1 Å². The molecule has 35 heavy (non-hydrogen) atoms. The van der Waals surface area contributed by atoms with Crippen LogP contribution in [0.3, 0.4) is 0 Å². The molecule has 1 fully saturated rings. The lowest BCUT2D eigenvalue weighted by Crippen LogP contribution is -2.30. The van der Waals surface area contributed by atoms with Gasteiger partial charge in [0.1, 0.15) is 6.04 Å². The summed E-state index contributed by atoms with van der Waals surface area (Å²) in [4.78, 5) is 6.70.